The lowest BCUT2D eigenvalue weighted by atomic mass is 10.2. The second-order valence-corrected chi connectivity index (χ2v) is 5.13. The molecule has 0 saturated heterocycles. The summed E-state index contributed by atoms with van der Waals surface area (Å²) in [6, 6.07) is 11.1. The van der Waals surface area contributed by atoms with Crippen LogP contribution in [0.1, 0.15) is 6.42 Å². The highest BCUT2D eigenvalue weighted by molar-refractivity contribution is 6.32. The fraction of sp³-hybridized carbons (Fsp3) is 0.188. The molecule has 2 rings (SSSR count). The lowest BCUT2D eigenvalue weighted by molar-refractivity contribution is -0.385. The molecule has 0 aliphatic carbocycles. The van der Waals surface area contributed by atoms with Gasteiger partial charge in [0.1, 0.15) is 5.75 Å². The van der Waals surface area contributed by atoms with Crippen molar-refractivity contribution in [2.75, 3.05) is 19.0 Å². The van der Waals surface area contributed by atoms with Crippen LogP contribution in [0, 0.1) is 10.1 Å². The number of halogens is 1. The Morgan fingerprint density at radius 1 is 1.25 bits per heavy atom. The minimum Gasteiger partial charge on any atom is -0.491 e. The lowest BCUT2D eigenvalue weighted by Gasteiger charge is -2.09. The quantitative estimate of drug-likeness (QED) is 0.607. The number of nitro benzene ring substituents is 1. The molecule has 0 saturated carbocycles. The molecule has 1 N–H and O–H groups in total. The first kappa shape index (κ1) is 17.6. The highest BCUT2D eigenvalue weighted by Crippen LogP contribution is 2.29. The summed E-state index contributed by atoms with van der Waals surface area (Å²) in [5.74, 6) is 0.286. The van der Waals surface area contributed by atoms with Crippen LogP contribution in [0.2, 0.25) is 5.02 Å². The third kappa shape index (κ3) is 4.60. The van der Waals surface area contributed by atoms with Crippen molar-refractivity contribution in [3.8, 4) is 11.5 Å². The Kier molecular flexibility index (Phi) is 5.97. The van der Waals surface area contributed by atoms with Gasteiger partial charge in [-0.15, -0.1) is 0 Å². The van der Waals surface area contributed by atoms with Gasteiger partial charge < -0.3 is 14.8 Å². The summed E-state index contributed by atoms with van der Waals surface area (Å²) in [5.41, 5.74) is 0.0906. The molecule has 24 heavy (non-hydrogen) atoms. The number of benzene rings is 2. The molecule has 126 valence electrons. The van der Waals surface area contributed by atoms with E-state index < -0.39 is 4.92 Å². The molecule has 1 amide bonds. The van der Waals surface area contributed by atoms with Crippen LogP contribution < -0.4 is 14.8 Å². The van der Waals surface area contributed by atoms with Gasteiger partial charge in [-0.05, 0) is 24.3 Å². The Hall–Kier alpha value is -2.80. The van der Waals surface area contributed by atoms with Crippen molar-refractivity contribution in [3.05, 3.63) is 57.6 Å². The van der Waals surface area contributed by atoms with Crippen molar-refractivity contribution in [3.63, 3.8) is 0 Å². The van der Waals surface area contributed by atoms with Gasteiger partial charge in [-0.3, -0.25) is 14.9 Å². The van der Waals surface area contributed by atoms with Gasteiger partial charge >= 0.3 is 5.69 Å². The molecule has 0 aliphatic heterocycles. The normalized spacial score (nSPS) is 10.1. The van der Waals surface area contributed by atoms with Crippen molar-refractivity contribution in [1.82, 2.24) is 0 Å². The van der Waals surface area contributed by atoms with E-state index >= 15 is 0 Å². The van der Waals surface area contributed by atoms with Crippen molar-refractivity contribution < 1.29 is 19.2 Å². The largest absolute Gasteiger partial charge is 0.491 e. The number of carbonyl (C=O) groups excluding carboxylic acids is 1. The van der Waals surface area contributed by atoms with Crippen LogP contribution in [0.25, 0.3) is 0 Å². The number of ether oxygens (including phenoxy) is 2. The molecule has 0 bridgehead atoms. The van der Waals surface area contributed by atoms with E-state index in [4.69, 9.17) is 21.1 Å². The highest BCUT2D eigenvalue weighted by atomic mass is 35.5. The molecular formula is C16H15ClN2O5. The van der Waals surface area contributed by atoms with E-state index in [9.17, 15) is 14.9 Å². The Morgan fingerprint density at radius 3 is 2.67 bits per heavy atom. The van der Waals surface area contributed by atoms with E-state index in [1.165, 1.54) is 25.3 Å². The van der Waals surface area contributed by atoms with E-state index in [1.54, 1.807) is 24.3 Å². The first-order valence-corrected chi connectivity index (χ1v) is 7.38. The zero-order chi connectivity index (χ0) is 17.5. The van der Waals surface area contributed by atoms with Crippen LogP contribution >= 0.6 is 11.6 Å². The van der Waals surface area contributed by atoms with Gasteiger partial charge in [-0.1, -0.05) is 23.7 Å². The number of anilines is 1. The Labute approximate surface area is 143 Å². The highest BCUT2D eigenvalue weighted by Gasteiger charge is 2.16. The maximum absolute atomic E-state index is 11.9. The second-order valence-electron chi connectivity index (χ2n) is 4.72. The fourth-order valence-corrected chi connectivity index (χ4v) is 2.14. The number of hydrogen-bond donors (Lipinski definition) is 1. The molecule has 0 spiro atoms. The first-order chi connectivity index (χ1) is 11.5. The number of nitrogens with zero attached hydrogens (tertiary/aromatic N) is 1. The zero-order valence-electron chi connectivity index (χ0n) is 12.8. The van der Waals surface area contributed by atoms with Crippen LogP contribution in [0.15, 0.2) is 42.5 Å². The van der Waals surface area contributed by atoms with Crippen molar-refractivity contribution in [2.45, 2.75) is 6.42 Å². The van der Waals surface area contributed by atoms with E-state index in [-0.39, 0.29) is 30.4 Å². The smallest absolute Gasteiger partial charge is 0.312 e. The summed E-state index contributed by atoms with van der Waals surface area (Å²) in [7, 11) is 1.34. The molecule has 2 aromatic rings. The molecule has 0 heterocycles. The van der Waals surface area contributed by atoms with Crippen molar-refractivity contribution in [2.24, 2.45) is 0 Å². The summed E-state index contributed by atoms with van der Waals surface area (Å²) < 4.78 is 10.3. The van der Waals surface area contributed by atoms with E-state index in [1.807, 2.05) is 0 Å². The number of nitro groups is 1. The molecule has 8 heteroatoms. The van der Waals surface area contributed by atoms with E-state index in [0.29, 0.717) is 16.5 Å². The molecule has 0 radical (unpaired) electrons. The average molecular weight is 351 g/mol. The first-order valence-electron chi connectivity index (χ1n) is 7.01. The van der Waals surface area contributed by atoms with Crippen molar-refractivity contribution >= 4 is 28.9 Å². The number of nitrogens with one attached hydrogen (secondary N) is 1. The van der Waals surface area contributed by atoms with Gasteiger partial charge in [0.15, 0.2) is 5.75 Å². The van der Waals surface area contributed by atoms with E-state index in [0.717, 1.165) is 0 Å². The van der Waals surface area contributed by atoms with Gasteiger partial charge in [0.2, 0.25) is 5.91 Å². The van der Waals surface area contributed by atoms with Crippen LogP contribution in [0.4, 0.5) is 11.4 Å². The SMILES string of the molecule is COc1ccc(NC(=O)CCOc2ccccc2Cl)cc1[N+](=O)[O-]. The van der Waals surface area contributed by atoms with E-state index in [2.05, 4.69) is 5.32 Å². The maximum Gasteiger partial charge on any atom is 0.312 e. The molecule has 0 aromatic heterocycles. The molecule has 0 fully saturated rings. The third-order valence-corrected chi connectivity index (χ3v) is 3.39. The molecule has 0 aliphatic rings. The Bertz CT molecular complexity index is 751. The summed E-state index contributed by atoms with van der Waals surface area (Å²) >= 11 is 5.94. The maximum atomic E-state index is 11.9. The standard InChI is InChI=1S/C16H15ClN2O5/c1-23-15-7-6-11(10-13(15)19(21)22)18-16(20)8-9-24-14-5-3-2-4-12(14)17/h2-7,10H,8-9H2,1H3,(H,18,20). The minimum absolute atomic E-state index is 0.0745. The van der Waals surface area contributed by atoms with Crippen LogP contribution in [-0.4, -0.2) is 24.5 Å². The Morgan fingerprint density at radius 2 is 2.00 bits per heavy atom. The minimum atomic E-state index is -0.574. The molecule has 0 atom stereocenters. The summed E-state index contributed by atoms with van der Waals surface area (Å²) in [4.78, 5) is 22.3. The monoisotopic (exact) mass is 350 g/mol. The lowest BCUT2D eigenvalue weighted by Crippen LogP contribution is -2.15. The zero-order valence-corrected chi connectivity index (χ0v) is 13.6. The fourth-order valence-electron chi connectivity index (χ4n) is 1.95. The van der Waals surface area contributed by atoms with Gasteiger partial charge in [0.25, 0.3) is 0 Å². The summed E-state index contributed by atoms with van der Waals surface area (Å²) in [5, 5.41) is 14.0. The van der Waals surface area contributed by atoms with Gasteiger partial charge in [0, 0.05) is 11.8 Å². The predicted molar refractivity (Wildman–Crippen MR) is 89.8 cm³/mol. The molecule has 2 aromatic carbocycles. The summed E-state index contributed by atoms with van der Waals surface area (Å²) in [6.07, 6.45) is 0.0745. The predicted octanol–water partition coefficient (Wildman–Crippen LogP) is 3.66. The number of carbonyl (C=O) groups is 1. The molecule has 7 nitrogen and oxygen atoms in total. The number of hydrogen-bond acceptors (Lipinski definition) is 5. The topological polar surface area (TPSA) is 90.7 Å². The molecular weight excluding hydrogens is 336 g/mol. The van der Waals surface area contributed by atoms with Gasteiger partial charge in [-0.2, -0.15) is 0 Å². The third-order valence-electron chi connectivity index (χ3n) is 3.08. The van der Waals surface area contributed by atoms with Gasteiger partial charge in [-0.25, -0.2) is 0 Å². The molecule has 0 unspecified atom stereocenters. The Balaban J connectivity index is 1.92. The van der Waals surface area contributed by atoms with Crippen molar-refractivity contribution in [1.29, 1.82) is 0 Å². The van der Waals surface area contributed by atoms with Gasteiger partial charge in [0.05, 0.1) is 30.1 Å². The number of methoxy groups -OCH3 is 1. The van der Waals surface area contributed by atoms with Crippen LogP contribution in [-0.2, 0) is 4.79 Å². The number of rotatable bonds is 7. The second kappa shape index (κ2) is 8.16. The number of amides is 1. The van der Waals surface area contributed by atoms with Crippen LogP contribution in [0.5, 0.6) is 11.5 Å². The van der Waals surface area contributed by atoms with Crippen LogP contribution in [0.3, 0.4) is 0 Å². The number of para-hydroxylation sites is 1. The average Bonchev–Trinajstić information content (AvgIpc) is 2.56. The summed E-state index contributed by atoms with van der Waals surface area (Å²) in [6.45, 7) is 0.133.